The molecule has 7 heteroatoms. The molecule has 0 radical (unpaired) electrons. The van der Waals surface area contributed by atoms with Crippen LogP contribution >= 0.6 is 0 Å². The number of nitro benzene ring substituents is 1. The van der Waals surface area contributed by atoms with Crippen LogP contribution in [0, 0.1) is 10.1 Å². The molecule has 1 fully saturated rings. The van der Waals surface area contributed by atoms with Crippen LogP contribution in [-0.4, -0.2) is 48.0 Å². The van der Waals surface area contributed by atoms with Crippen molar-refractivity contribution >= 4 is 17.1 Å². The number of nitrogens with one attached hydrogen (secondary N) is 1. The van der Waals surface area contributed by atoms with E-state index in [1.807, 2.05) is 54.6 Å². The lowest BCUT2D eigenvalue weighted by molar-refractivity contribution is -0.384. The van der Waals surface area contributed by atoms with Gasteiger partial charge in [0, 0.05) is 50.3 Å². The molecule has 1 aliphatic rings. The highest BCUT2D eigenvalue weighted by atomic mass is 16.6. The first-order valence-corrected chi connectivity index (χ1v) is 10.0. The smallest absolute Gasteiger partial charge is 0.292 e. The van der Waals surface area contributed by atoms with E-state index in [0.717, 1.165) is 43.0 Å². The average molecular weight is 403 g/mol. The Bertz CT molecular complexity index is 949. The van der Waals surface area contributed by atoms with Gasteiger partial charge in [0.1, 0.15) is 5.69 Å². The molecule has 2 heterocycles. The van der Waals surface area contributed by atoms with Gasteiger partial charge in [-0.15, -0.1) is 0 Å². The van der Waals surface area contributed by atoms with Gasteiger partial charge >= 0.3 is 0 Å². The number of rotatable bonds is 6. The summed E-state index contributed by atoms with van der Waals surface area (Å²) in [6.45, 7) is 3.76. The van der Waals surface area contributed by atoms with E-state index in [1.165, 1.54) is 0 Å². The number of hydrogen-bond donors (Lipinski definition) is 1. The normalized spacial score (nSPS) is 15.6. The summed E-state index contributed by atoms with van der Waals surface area (Å²) in [6, 6.07) is 18.9. The number of pyridine rings is 1. The number of nitrogens with zero attached hydrogens (tertiary/aromatic N) is 4. The highest BCUT2D eigenvalue weighted by Crippen LogP contribution is 2.34. The Hall–Kier alpha value is -3.45. The Balaban J connectivity index is 1.71. The molecule has 0 spiro atoms. The summed E-state index contributed by atoms with van der Waals surface area (Å²) in [5.74, 6) is 0. The van der Waals surface area contributed by atoms with Gasteiger partial charge < -0.3 is 15.1 Å². The minimum atomic E-state index is -0.329. The molecule has 3 aromatic rings. The molecule has 2 aromatic carbocycles. The number of piperazine rings is 1. The fraction of sp³-hybridized carbons (Fsp3) is 0.261. The average Bonchev–Trinajstić information content (AvgIpc) is 2.79. The van der Waals surface area contributed by atoms with E-state index >= 15 is 0 Å². The number of hydrogen-bond acceptors (Lipinski definition) is 6. The second kappa shape index (κ2) is 8.92. The Morgan fingerprint density at radius 1 is 0.967 bits per heavy atom. The van der Waals surface area contributed by atoms with Crippen molar-refractivity contribution in [2.45, 2.75) is 6.04 Å². The van der Waals surface area contributed by atoms with Gasteiger partial charge in [-0.1, -0.05) is 30.3 Å². The summed E-state index contributed by atoms with van der Waals surface area (Å²) >= 11 is 0. The van der Waals surface area contributed by atoms with E-state index < -0.39 is 0 Å². The van der Waals surface area contributed by atoms with Gasteiger partial charge in [0.15, 0.2) is 0 Å². The first kappa shape index (κ1) is 19.8. The summed E-state index contributed by atoms with van der Waals surface area (Å²) < 4.78 is 0. The lowest BCUT2D eigenvalue weighted by atomic mass is 9.99. The van der Waals surface area contributed by atoms with Gasteiger partial charge in [0.2, 0.25) is 0 Å². The molecule has 1 saturated heterocycles. The van der Waals surface area contributed by atoms with E-state index in [-0.39, 0.29) is 16.7 Å². The fourth-order valence-electron chi connectivity index (χ4n) is 3.78. The standard InChI is InChI=1S/C23H25N5O2/c1-26-13-15-27(16-14-26)20-7-8-22(28(29)30)21(17-20)25-23(18-5-3-2-4-6-18)19-9-11-24-12-10-19/h2-12,17,23,25H,13-16H2,1H3. The van der Waals surface area contributed by atoms with Crippen LogP contribution in [0.3, 0.4) is 0 Å². The molecule has 0 saturated carbocycles. The van der Waals surface area contributed by atoms with E-state index in [0.29, 0.717) is 5.69 Å². The van der Waals surface area contributed by atoms with Crippen molar-refractivity contribution in [2.24, 2.45) is 0 Å². The van der Waals surface area contributed by atoms with Gasteiger partial charge in [-0.25, -0.2) is 0 Å². The molecule has 1 aliphatic heterocycles. The van der Waals surface area contributed by atoms with Crippen LogP contribution in [0.15, 0.2) is 73.1 Å². The number of likely N-dealkylation sites (N-methyl/N-ethyl adjacent to an activating group) is 1. The maximum Gasteiger partial charge on any atom is 0.292 e. The fourth-order valence-corrected chi connectivity index (χ4v) is 3.78. The molecular formula is C23H25N5O2. The van der Waals surface area contributed by atoms with Gasteiger partial charge in [-0.05, 0) is 42.4 Å². The molecule has 4 rings (SSSR count). The van der Waals surface area contributed by atoms with E-state index in [9.17, 15) is 10.1 Å². The minimum absolute atomic E-state index is 0.0721. The SMILES string of the molecule is CN1CCN(c2ccc([N+](=O)[O-])c(NC(c3ccccc3)c3ccncc3)c2)CC1. The van der Waals surface area contributed by atoms with E-state index in [1.54, 1.807) is 18.5 Å². The van der Waals surface area contributed by atoms with Crippen LogP contribution in [0.5, 0.6) is 0 Å². The molecule has 0 aliphatic carbocycles. The third-order valence-corrected chi connectivity index (χ3v) is 5.52. The number of anilines is 2. The lowest BCUT2D eigenvalue weighted by Crippen LogP contribution is -2.44. The second-order valence-electron chi connectivity index (χ2n) is 7.52. The summed E-state index contributed by atoms with van der Waals surface area (Å²) in [5, 5.41) is 15.2. The second-order valence-corrected chi connectivity index (χ2v) is 7.52. The largest absolute Gasteiger partial charge is 0.369 e. The molecular weight excluding hydrogens is 378 g/mol. The van der Waals surface area contributed by atoms with Gasteiger partial charge in [-0.3, -0.25) is 15.1 Å². The first-order chi connectivity index (χ1) is 14.6. The Kier molecular flexibility index (Phi) is 5.90. The molecule has 154 valence electrons. The third-order valence-electron chi connectivity index (χ3n) is 5.52. The van der Waals surface area contributed by atoms with Crippen LogP contribution in [0.4, 0.5) is 17.1 Å². The number of nitro groups is 1. The third kappa shape index (κ3) is 4.41. The molecule has 30 heavy (non-hydrogen) atoms. The highest BCUT2D eigenvalue weighted by Gasteiger charge is 2.22. The van der Waals surface area contributed by atoms with Gasteiger partial charge in [-0.2, -0.15) is 0 Å². The maximum absolute atomic E-state index is 11.7. The van der Waals surface area contributed by atoms with Crippen LogP contribution < -0.4 is 10.2 Å². The van der Waals surface area contributed by atoms with E-state index in [2.05, 4.69) is 27.1 Å². The predicted octanol–water partition coefficient (Wildman–Crippen LogP) is 3.94. The molecule has 0 bridgehead atoms. The molecule has 1 N–H and O–H groups in total. The van der Waals surface area contributed by atoms with Crippen molar-refractivity contribution < 1.29 is 4.92 Å². The van der Waals surface area contributed by atoms with Crippen molar-refractivity contribution in [3.8, 4) is 0 Å². The van der Waals surface area contributed by atoms with Crippen LogP contribution in [-0.2, 0) is 0 Å². The topological polar surface area (TPSA) is 74.5 Å². The van der Waals surface area contributed by atoms with Crippen LogP contribution in [0.1, 0.15) is 17.2 Å². The van der Waals surface area contributed by atoms with E-state index in [4.69, 9.17) is 0 Å². The molecule has 0 amide bonds. The molecule has 1 unspecified atom stereocenters. The zero-order chi connectivity index (χ0) is 20.9. The summed E-state index contributed by atoms with van der Waals surface area (Å²) in [6.07, 6.45) is 3.48. The Labute approximate surface area is 176 Å². The summed E-state index contributed by atoms with van der Waals surface area (Å²) in [5.41, 5.74) is 3.61. The minimum Gasteiger partial charge on any atom is -0.369 e. The van der Waals surface area contributed by atoms with Gasteiger partial charge in [0.05, 0.1) is 11.0 Å². The number of benzene rings is 2. The first-order valence-electron chi connectivity index (χ1n) is 10.0. The van der Waals surface area contributed by atoms with Gasteiger partial charge in [0.25, 0.3) is 5.69 Å². The van der Waals surface area contributed by atoms with Crippen molar-refractivity contribution in [3.05, 3.63) is 94.3 Å². The lowest BCUT2D eigenvalue weighted by Gasteiger charge is -2.34. The Morgan fingerprint density at radius 2 is 1.63 bits per heavy atom. The molecule has 1 aromatic heterocycles. The maximum atomic E-state index is 11.7. The number of aromatic nitrogens is 1. The molecule has 7 nitrogen and oxygen atoms in total. The van der Waals surface area contributed by atoms with Crippen molar-refractivity contribution in [1.82, 2.24) is 9.88 Å². The monoisotopic (exact) mass is 403 g/mol. The van der Waals surface area contributed by atoms with Crippen molar-refractivity contribution in [1.29, 1.82) is 0 Å². The summed E-state index contributed by atoms with van der Waals surface area (Å²) in [4.78, 5) is 20.1. The van der Waals surface area contributed by atoms with Crippen LogP contribution in [0.2, 0.25) is 0 Å². The Morgan fingerprint density at radius 3 is 2.30 bits per heavy atom. The molecule has 1 atom stereocenters. The summed E-state index contributed by atoms with van der Waals surface area (Å²) in [7, 11) is 2.11. The van der Waals surface area contributed by atoms with Crippen molar-refractivity contribution in [3.63, 3.8) is 0 Å². The quantitative estimate of drug-likeness (QED) is 0.496. The van der Waals surface area contributed by atoms with Crippen LogP contribution in [0.25, 0.3) is 0 Å². The zero-order valence-corrected chi connectivity index (χ0v) is 16.9. The highest BCUT2D eigenvalue weighted by molar-refractivity contribution is 5.70. The predicted molar refractivity (Wildman–Crippen MR) is 119 cm³/mol. The van der Waals surface area contributed by atoms with Crippen molar-refractivity contribution in [2.75, 3.05) is 43.4 Å². The zero-order valence-electron chi connectivity index (χ0n) is 16.9.